The molecule has 0 spiro atoms. The molecule has 3 heterocycles. The van der Waals surface area contributed by atoms with Crippen molar-refractivity contribution in [3.63, 3.8) is 0 Å². The molecule has 1 amide bonds. The molecule has 2 aliphatic heterocycles. The summed E-state index contributed by atoms with van der Waals surface area (Å²) in [4.78, 5) is 18.8. The third-order valence-corrected chi connectivity index (χ3v) is 4.10. The highest BCUT2D eigenvalue weighted by Gasteiger charge is 2.45. The average molecular weight is 268 g/mol. The maximum atomic E-state index is 11.0. The Bertz CT molecular complexity index is 465. The maximum absolute atomic E-state index is 11.0. The van der Waals surface area contributed by atoms with Crippen LogP contribution in [0.25, 0.3) is 0 Å². The summed E-state index contributed by atoms with van der Waals surface area (Å²) in [7, 11) is 0. The number of aromatic nitrogens is 1. The number of carboxylic acid groups (broad SMARTS) is 1. The molecule has 2 atom stereocenters. The Kier molecular flexibility index (Phi) is 2.78. The van der Waals surface area contributed by atoms with Crippen molar-refractivity contribution in [2.75, 3.05) is 24.5 Å². The molecule has 18 heavy (non-hydrogen) atoms. The number of carbonyl (C=O) groups is 1. The van der Waals surface area contributed by atoms with Gasteiger partial charge < -0.3 is 14.9 Å². The Morgan fingerprint density at radius 3 is 2.94 bits per heavy atom. The van der Waals surface area contributed by atoms with Gasteiger partial charge in [0.05, 0.1) is 17.9 Å². The minimum absolute atomic E-state index is 0.131. The summed E-state index contributed by atoms with van der Waals surface area (Å²) in [6.07, 6.45) is 1.97. The first-order chi connectivity index (χ1) is 8.65. The van der Waals surface area contributed by atoms with Gasteiger partial charge in [-0.15, -0.1) is 0 Å². The zero-order valence-electron chi connectivity index (χ0n) is 9.79. The predicted octanol–water partition coefficient (Wildman–Crippen LogP) is 1.92. The second-order valence-electron chi connectivity index (χ2n) is 4.84. The number of amides is 1. The lowest BCUT2D eigenvalue weighted by Gasteiger charge is -2.52. The van der Waals surface area contributed by atoms with Gasteiger partial charge in [-0.3, -0.25) is 0 Å². The Morgan fingerprint density at radius 2 is 2.28 bits per heavy atom. The third-order valence-electron chi connectivity index (χ3n) is 3.88. The smallest absolute Gasteiger partial charge is 0.407 e. The lowest BCUT2D eigenvalue weighted by Crippen LogP contribution is -2.65. The van der Waals surface area contributed by atoms with E-state index in [-0.39, 0.29) is 6.04 Å². The lowest BCUT2D eigenvalue weighted by atomic mass is 9.82. The monoisotopic (exact) mass is 267 g/mol. The summed E-state index contributed by atoms with van der Waals surface area (Å²) in [5.41, 5.74) is 1.01. The molecule has 1 aromatic heterocycles. The van der Waals surface area contributed by atoms with Gasteiger partial charge >= 0.3 is 6.09 Å². The molecule has 0 unspecified atom stereocenters. The van der Waals surface area contributed by atoms with Gasteiger partial charge in [-0.2, -0.15) is 0 Å². The van der Waals surface area contributed by atoms with Gasteiger partial charge in [0.2, 0.25) is 0 Å². The normalized spacial score (nSPS) is 26.5. The topological polar surface area (TPSA) is 56.7 Å². The van der Waals surface area contributed by atoms with Crippen molar-refractivity contribution < 1.29 is 9.90 Å². The van der Waals surface area contributed by atoms with E-state index in [1.807, 2.05) is 6.07 Å². The van der Waals surface area contributed by atoms with E-state index in [4.69, 9.17) is 16.7 Å². The molecule has 3 rings (SSSR count). The van der Waals surface area contributed by atoms with Crippen LogP contribution in [-0.4, -0.2) is 46.8 Å². The molecule has 0 bridgehead atoms. The van der Waals surface area contributed by atoms with Gasteiger partial charge in [-0.05, 0) is 18.6 Å². The summed E-state index contributed by atoms with van der Waals surface area (Å²) in [6.45, 7) is 2.39. The summed E-state index contributed by atoms with van der Waals surface area (Å²) in [5.74, 6) is 0.526. The Balaban J connectivity index is 1.72. The van der Waals surface area contributed by atoms with Crippen molar-refractivity contribution in [3.8, 4) is 0 Å². The van der Waals surface area contributed by atoms with Crippen LogP contribution in [-0.2, 0) is 0 Å². The number of hydrogen-bond acceptors (Lipinski definition) is 3. The molecule has 2 saturated heterocycles. The first-order valence-electron chi connectivity index (χ1n) is 6.01. The summed E-state index contributed by atoms with van der Waals surface area (Å²) < 4.78 is 0. The van der Waals surface area contributed by atoms with Gasteiger partial charge in [-0.25, -0.2) is 9.78 Å². The number of hydrogen-bond donors (Lipinski definition) is 1. The van der Waals surface area contributed by atoms with Crippen molar-refractivity contribution in [1.82, 2.24) is 9.88 Å². The zero-order valence-corrected chi connectivity index (χ0v) is 10.5. The van der Waals surface area contributed by atoms with E-state index in [0.29, 0.717) is 17.6 Å². The number of halogens is 1. The van der Waals surface area contributed by atoms with Gasteiger partial charge in [0.15, 0.2) is 0 Å². The fraction of sp³-hybridized carbons (Fsp3) is 0.500. The molecule has 6 heteroatoms. The van der Waals surface area contributed by atoms with Crippen LogP contribution >= 0.6 is 11.6 Å². The standard InChI is InChI=1S/C12H14ClN3O2/c13-11-2-1-9(5-14-11)15-4-3-8-6-16(12(17)18)10(8)7-15/h1-2,5,8,10H,3-4,6-7H2,(H,17,18)/t8-,10-/m1/s1. The second kappa shape index (κ2) is 4.31. The quantitative estimate of drug-likeness (QED) is 0.790. The minimum atomic E-state index is -0.813. The van der Waals surface area contributed by atoms with Crippen molar-refractivity contribution >= 4 is 23.4 Å². The average Bonchev–Trinajstić information content (AvgIpc) is 2.31. The number of nitrogens with zero attached hydrogens (tertiary/aromatic N) is 3. The first kappa shape index (κ1) is 11.6. The lowest BCUT2D eigenvalue weighted by molar-refractivity contribution is 0.0136. The van der Waals surface area contributed by atoms with Crippen LogP contribution in [0.1, 0.15) is 6.42 Å². The van der Waals surface area contributed by atoms with E-state index in [1.165, 1.54) is 4.90 Å². The number of likely N-dealkylation sites (tertiary alicyclic amines) is 1. The SMILES string of the molecule is O=C(O)N1C[C@H]2CCN(c3ccc(Cl)nc3)C[C@H]21. The van der Waals surface area contributed by atoms with Crippen molar-refractivity contribution in [2.24, 2.45) is 5.92 Å². The Labute approximate surface area is 110 Å². The number of fused-ring (bicyclic) bond motifs is 1. The molecule has 0 aliphatic carbocycles. The molecular weight excluding hydrogens is 254 g/mol. The van der Waals surface area contributed by atoms with E-state index in [9.17, 15) is 4.79 Å². The van der Waals surface area contributed by atoms with Gasteiger partial charge in [0, 0.05) is 25.6 Å². The summed E-state index contributed by atoms with van der Waals surface area (Å²) >= 11 is 5.76. The predicted molar refractivity (Wildman–Crippen MR) is 68.1 cm³/mol. The zero-order chi connectivity index (χ0) is 12.7. The number of pyridine rings is 1. The van der Waals surface area contributed by atoms with E-state index in [1.54, 1.807) is 12.3 Å². The van der Waals surface area contributed by atoms with E-state index >= 15 is 0 Å². The number of anilines is 1. The van der Waals surface area contributed by atoms with Crippen LogP contribution in [0.5, 0.6) is 0 Å². The molecule has 2 aliphatic rings. The summed E-state index contributed by atoms with van der Waals surface area (Å²) in [6, 6.07) is 3.82. The van der Waals surface area contributed by atoms with Crippen molar-refractivity contribution in [2.45, 2.75) is 12.5 Å². The Hall–Kier alpha value is -1.49. The molecule has 0 saturated carbocycles. The molecule has 1 N–H and O–H groups in total. The van der Waals surface area contributed by atoms with E-state index in [2.05, 4.69) is 9.88 Å². The molecule has 0 radical (unpaired) electrons. The Morgan fingerprint density at radius 1 is 1.44 bits per heavy atom. The van der Waals surface area contributed by atoms with Crippen LogP contribution < -0.4 is 4.90 Å². The van der Waals surface area contributed by atoms with E-state index in [0.717, 1.165) is 25.2 Å². The van der Waals surface area contributed by atoms with Gasteiger partial charge in [0.25, 0.3) is 0 Å². The highest BCUT2D eigenvalue weighted by Crippen LogP contribution is 2.34. The number of rotatable bonds is 1. The summed E-state index contributed by atoms with van der Waals surface area (Å²) in [5, 5.41) is 9.52. The van der Waals surface area contributed by atoms with Crippen LogP contribution in [0.3, 0.4) is 0 Å². The fourth-order valence-corrected chi connectivity index (χ4v) is 2.92. The molecule has 0 aromatic carbocycles. The molecule has 5 nitrogen and oxygen atoms in total. The van der Waals surface area contributed by atoms with Crippen LogP contribution in [0.15, 0.2) is 18.3 Å². The molecule has 2 fully saturated rings. The fourth-order valence-electron chi connectivity index (χ4n) is 2.81. The number of piperidine rings is 1. The van der Waals surface area contributed by atoms with Crippen molar-refractivity contribution in [1.29, 1.82) is 0 Å². The van der Waals surface area contributed by atoms with Gasteiger partial charge in [-0.1, -0.05) is 11.6 Å². The minimum Gasteiger partial charge on any atom is -0.465 e. The van der Waals surface area contributed by atoms with Gasteiger partial charge in [0.1, 0.15) is 5.15 Å². The van der Waals surface area contributed by atoms with Crippen LogP contribution in [0.4, 0.5) is 10.5 Å². The van der Waals surface area contributed by atoms with E-state index < -0.39 is 6.09 Å². The highest BCUT2D eigenvalue weighted by molar-refractivity contribution is 6.29. The highest BCUT2D eigenvalue weighted by atomic mass is 35.5. The maximum Gasteiger partial charge on any atom is 0.407 e. The molecule has 96 valence electrons. The first-order valence-corrected chi connectivity index (χ1v) is 6.39. The molecule has 1 aromatic rings. The van der Waals surface area contributed by atoms with Crippen LogP contribution in [0.2, 0.25) is 5.15 Å². The second-order valence-corrected chi connectivity index (χ2v) is 5.22. The largest absolute Gasteiger partial charge is 0.465 e. The van der Waals surface area contributed by atoms with Crippen LogP contribution in [0, 0.1) is 5.92 Å². The third kappa shape index (κ3) is 1.88. The molecular formula is C12H14ClN3O2. The van der Waals surface area contributed by atoms with Crippen molar-refractivity contribution in [3.05, 3.63) is 23.5 Å².